The summed E-state index contributed by atoms with van der Waals surface area (Å²) in [5, 5.41) is 3.41. The molecule has 0 saturated carbocycles. The fraction of sp³-hybridized carbons (Fsp3) is 1.00. The second-order valence-electron chi connectivity index (χ2n) is 3.97. The minimum absolute atomic E-state index is 0.198. The molecule has 0 radical (unpaired) electrons. The molecule has 0 aromatic heterocycles. The predicted molar refractivity (Wildman–Crippen MR) is 65.9 cm³/mol. The van der Waals surface area contributed by atoms with E-state index in [2.05, 4.69) is 16.9 Å². The van der Waals surface area contributed by atoms with Crippen molar-refractivity contribution >= 4 is 0 Å². The number of azide groups is 1. The first-order chi connectivity index (χ1) is 7.81. The van der Waals surface area contributed by atoms with E-state index in [1.165, 1.54) is 44.9 Å². The molecule has 88 valence electrons. The van der Waals surface area contributed by atoms with Crippen LogP contribution < -0.4 is 0 Å². The third-order valence-electron chi connectivity index (χ3n) is 2.54. The average Bonchev–Trinajstić information content (AvgIpc) is 2.30. The van der Waals surface area contributed by atoms with Gasteiger partial charge >= 0.3 is 0 Å². The van der Waals surface area contributed by atoms with Crippen LogP contribution in [0.1, 0.15) is 72.5 Å². The Morgan fingerprint density at radius 1 is 1.00 bits per heavy atom. The van der Waals surface area contributed by atoms with Gasteiger partial charge in [-0.3, -0.25) is 0 Å². The first kappa shape index (κ1) is 12.4. The van der Waals surface area contributed by atoms with Gasteiger partial charge in [-0.2, -0.15) is 0 Å². The lowest BCUT2D eigenvalue weighted by atomic mass is 10.1. The van der Waals surface area contributed by atoms with E-state index in [0.29, 0.717) is 6.54 Å². The van der Waals surface area contributed by atoms with E-state index in [1.807, 2.05) is 0 Å². The SMILES string of the molecule is [2H]C(CCCCCCCCCC)CN=[N+]=[N-]. The summed E-state index contributed by atoms with van der Waals surface area (Å²) in [6.45, 7) is 2.56. The van der Waals surface area contributed by atoms with Crippen molar-refractivity contribution in [3.8, 4) is 0 Å². The molecule has 0 spiro atoms. The smallest absolute Gasteiger partial charge is 0.0268 e. The Bertz CT molecular complexity index is 191. The van der Waals surface area contributed by atoms with E-state index in [-0.39, 0.29) is 6.40 Å². The summed E-state index contributed by atoms with van der Waals surface area (Å²) < 4.78 is 7.58. The topological polar surface area (TPSA) is 48.8 Å². The molecule has 0 aromatic carbocycles. The van der Waals surface area contributed by atoms with Crippen LogP contribution in [0.15, 0.2) is 5.11 Å². The average molecular weight is 212 g/mol. The molecular formula is C12H25N3. The van der Waals surface area contributed by atoms with Crippen LogP contribution in [-0.4, -0.2) is 6.54 Å². The third-order valence-corrected chi connectivity index (χ3v) is 2.54. The molecule has 3 nitrogen and oxygen atoms in total. The highest BCUT2D eigenvalue weighted by molar-refractivity contribution is 4.50. The van der Waals surface area contributed by atoms with Crippen LogP contribution in [0.4, 0.5) is 0 Å². The minimum Gasteiger partial charge on any atom is -0.0940 e. The summed E-state index contributed by atoms with van der Waals surface area (Å²) >= 11 is 0. The van der Waals surface area contributed by atoms with Crippen LogP contribution in [0.25, 0.3) is 10.4 Å². The highest BCUT2D eigenvalue weighted by atomic mass is 15.1. The molecule has 0 N–H and O–H groups in total. The lowest BCUT2D eigenvalue weighted by molar-refractivity contribution is 0.558. The maximum absolute atomic E-state index is 8.10. The van der Waals surface area contributed by atoms with Crippen molar-refractivity contribution < 1.29 is 1.37 Å². The van der Waals surface area contributed by atoms with Gasteiger partial charge in [-0.1, -0.05) is 69.8 Å². The van der Waals surface area contributed by atoms with Crippen molar-refractivity contribution in [2.24, 2.45) is 5.11 Å². The zero-order valence-corrected chi connectivity index (χ0v) is 9.99. The monoisotopic (exact) mass is 212 g/mol. The van der Waals surface area contributed by atoms with Crippen molar-refractivity contribution in [3.05, 3.63) is 10.4 Å². The second-order valence-corrected chi connectivity index (χ2v) is 3.97. The normalized spacial score (nSPS) is 13.0. The predicted octanol–water partition coefficient (Wildman–Crippen LogP) is 5.22. The quantitative estimate of drug-likeness (QED) is 0.195. The Labute approximate surface area is 95.3 Å². The lowest BCUT2D eigenvalue weighted by Crippen LogP contribution is -1.83. The van der Waals surface area contributed by atoms with Gasteiger partial charge in [0.05, 0.1) is 0 Å². The van der Waals surface area contributed by atoms with Gasteiger partial charge in [0.2, 0.25) is 0 Å². The molecule has 0 aliphatic carbocycles. The number of hydrogen-bond acceptors (Lipinski definition) is 1. The van der Waals surface area contributed by atoms with Crippen LogP contribution in [0.3, 0.4) is 0 Å². The summed E-state index contributed by atoms with van der Waals surface area (Å²) in [7, 11) is 0. The lowest BCUT2D eigenvalue weighted by Gasteiger charge is -2.00. The summed E-state index contributed by atoms with van der Waals surface area (Å²) in [6.07, 6.45) is 11.0. The molecular weight excluding hydrogens is 186 g/mol. The Morgan fingerprint density at radius 3 is 2.07 bits per heavy atom. The largest absolute Gasteiger partial charge is 0.0940 e. The molecule has 0 amide bonds. The van der Waals surface area contributed by atoms with Crippen LogP contribution >= 0.6 is 0 Å². The standard InChI is InChI=1S/C12H25N3/c1-2-3-4-5-6-7-8-9-10-11-12-14-15-13/h2-12H2,1H3/i11D. The van der Waals surface area contributed by atoms with Crippen LogP contribution in [0, 0.1) is 0 Å². The molecule has 3 heteroatoms. The van der Waals surface area contributed by atoms with E-state index >= 15 is 0 Å². The van der Waals surface area contributed by atoms with Crippen molar-refractivity contribution in [3.63, 3.8) is 0 Å². The van der Waals surface area contributed by atoms with Gasteiger partial charge in [-0.15, -0.1) is 0 Å². The molecule has 0 fully saturated rings. The number of hydrogen-bond donors (Lipinski definition) is 0. The van der Waals surface area contributed by atoms with Crippen molar-refractivity contribution in [1.82, 2.24) is 0 Å². The minimum atomic E-state index is -0.198. The number of nitrogens with zero attached hydrogens (tertiary/aromatic N) is 3. The van der Waals surface area contributed by atoms with Gasteiger partial charge in [-0.25, -0.2) is 0 Å². The van der Waals surface area contributed by atoms with E-state index in [9.17, 15) is 0 Å². The second kappa shape index (κ2) is 13.3. The highest BCUT2D eigenvalue weighted by Gasteiger charge is 1.91. The molecule has 0 heterocycles. The molecule has 0 aliphatic rings. The van der Waals surface area contributed by atoms with Gasteiger partial charge in [-0.05, 0) is 11.9 Å². The summed E-state index contributed by atoms with van der Waals surface area (Å²) in [5.74, 6) is 0. The maximum Gasteiger partial charge on any atom is 0.0268 e. The Hall–Kier alpha value is -0.690. The molecule has 15 heavy (non-hydrogen) atoms. The number of rotatable bonds is 11. The van der Waals surface area contributed by atoms with Crippen molar-refractivity contribution in [1.29, 1.82) is 0 Å². The molecule has 0 rings (SSSR count). The fourth-order valence-electron chi connectivity index (χ4n) is 1.61. The van der Waals surface area contributed by atoms with Crippen molar-refractivity contribution in [2.45, 2.75) is 71.1 Å². The van der Waals surface area contributed by atoms with Gasteiger partial charge in [0.1, 0.15) is 0 Å². The third kappa shape index (κ3) is 13.3. The first-order valence-corrected chi connectivity index (χ1v) is 6.24. The number of unbranched alkanes of at least 4 members (excludes halogenated alkanes) is 7. The van der Waals surface area contributed by atoms with E-state index in [4.69, 9.17) is 6.90 Å². The first-order valence-electron chi connectivity index (χ1n) is 6.82. The van der Waals surface area contributed by atoms with Crippen LogP contribution in [0.5, 0.6) is 0 Å². The Morgan fingerprint density at radius 2 is 1.53 bits per heavy atom. The summed E-state index contributed by atoms with van der Waals surface area (Å²) in [5.41, 5.74) is 8.10. The van der Waals surface area contributed by atoms with Crippen LogP contribution in [-0.2, 0) is 0 Å². The maximum atomic E-state index is 8.10. The molecule has 1 atom stereocenters. The Kier molecular flexibility index (Phi) is 11.0. The zero-order chi connectivity index (χ0) is 12.1. The van der Waals surface area contributed by atoms with Gasteiger partial charge in [0.15, 0.2) is 0 Å². The van der Waals surface area contributed by atoms with Gasteiger partial charge in [0, 0.05) is 12.8 Å². The van der Waals surface area contributed by atoms with E-state index < -0.39 is 0 Å². The zero-order valence-electron chi connectivity index (χ0n) is 11.0. The molecule has 0 saturated heterocycles. The summed E-state index contributed by atoms with van der Waals surface area (Å²) in [6, 6.07) is 0. The molecule has 0 aromatic rings. The van der Waals surface area contributed by atoms with Crippen LogP contribution in [0.2, 0.25) is 0 Å². The molecule has 0 bridgehead atoms. The van der Waals surface area contributed by atoms with E-state index in [0.717, 1.165) is 12.8 Å². The fourth-order valence-corrected chi connectivity index (χ4v) is 1.61. The molecule has 0 aliphatic heterocycles. The van der Waals surface area contributed by atoms with Crippen molar-refractivity contribution in [2.75, 3.05) is 6.54 Å². The summed E-state index contributed by atoms with van der Waals surface area (Å²) in [4.78, 5) is 2.67. The van der Waals surface area contributed by atoms with Gasteiger partial charge < -0.3 is 0 Å². The molecule has 1 unspecified atom stereocenters. The highest BCUT2D eigenvalue weighted by Crippen LogP contribution is 2.10. The van der Waals surface area contributed by atoms with E-state index in [1.54, 1.807) is 0 Å². The Balaban J connectivity index is 3.11. The van der Waals surface area contributed by atoms with Gasteiger partial charge in [0.25, 0.3) is 0 Å².